The first-order valence-electron chi connectivity index (χ1n) is 12.5. The molecule has 0 spiro atoms. The summed E-state index contributed by atoms with van der Waals surface area (Å²) in [6.07, 6.45) is -1.43. The number of alkyl halides is 3. The number of nitrogens with zero attached hydrogens (tertiary/aromatic N) is 1. The van der Waals surface area contributed by atoms with Gasteiger partial charge in [0.15, 0.2) is 0 Å². The number of carbonyl (C=O) groups is 1. The molecule has 0 bridgehead atoms. The molecule has 1 fully saturated rings. The summed E-state index contributed by atoms with van der Waals surface area (Å²) in [5, 5.41) is 3.54. The molecule has 0 radical (unpaired) electrons. The smallest absolute Gasteiger partial charge is 0.335 e. The number of piperidine rings is 1. The SMILES string of the molecule is Cc1cc(C)cc(C(=O)N2CC[C@H](NCCc3cccc(C(F)(F)F)c3)C[C@H]2Cc2ccccc2)c1. The Hall–Kier alpha value is -3.12. The van der Waals surface area contributed by atoms with Crippen LogP contribution in [0.5, 0.6) is 0 Å². The molecule has 3 nitrogen and oxygen atoms in total. The molecule has 4 rings (SSSR count). The highest BCUT2D eigenvalue weighted by Gasteiger charge is 2.33. The molecule has 190 valence electrons. The van der Waals surface area contributed by atoms with Gasteiger partial charge in [-0.2, -0.15) is 13.2 Å². The number of nitrogens with one attached hydrogen (secondary N) is 1. The van der Waals surface area contributed by atoms with Gasteiger partial charge in [0, 0.05) is 24.2 Å². The van der Waals surface area contributed by atoms with E-state index >= 15 is 0 Å². The molecule has 2 atom stereocenters. The zero-order valence-electron chi connectivity index (χ0n) is 20.8. The highest BCUT2D eigenvalue weighted by molar-refractivity contribution is 5.95. The van der Waals surface area contributed by atoms with Crippen LogP contribution in [-0.2, 0) is 19.0 Å². The van der Waals surface area contributed by atoms with Gasteiger partial charge in [0.05, 0.1) is 5.56 Å². The molecule has 0 saturated carbocycles. The van der Waals surface area contributed by atoms with Crippen LogP contribution in [0.15, 0.2) is 72.8 Å². The van der Waals surface area contributed by atoms with E-state index in [0.29, 0.717) is 25.1 Å². The number of rotatable bonds is 7. The summed E-state index contributed by atoms with van der Waals surface area (Å²) in [5.41, 5.74) is 4.11. The molecule has 1 N–H and O–H groups in total. The quantitative estimate of drug-likeness (QED) is 0.414. The molecule has 1 amide bonds. The van der Waals surface area contributed by atoms with Crippen LogP contribution in [0.2, 0.25) is 0 Å². The normalized spacial score (nSPS) is 18.3. The van der Waals surface area contributed by atoms with E-state index in [0.717, 1.165) is 42.0 Å². The predicted molar refractivity (Wildman–Crippen MR) is 137 cm³/mol. The van der Waals surface area contributed by atoms with Gasteiger partial charge in [-0.15, -0.1) is 0 Å². The predicted octanol–water partition coefficient (Wildman–Crippen LogP) is 6.37. The Balaban J connectivity index is 1.43. The maximum Gasteiger partial charge on any atom is 0.416 e. The minimum atomic E-state index is -4.33. The van der Waals surface area contributed by atoms with Gasteiger partial charge in [0.1, 0.15) is 0 Å². The van der Waals surface area contributed by atoms with E-state index in [2.05, 4.69) is 23.5 Å². The number of aryl methyl sites for hydroxylation is 2. The second-order valence-electron chi connectivity index (χ2n) is 9.84. The Bertz CT molecular complexity index is 1160. The van der Waals surface area contributed by atoms with Crippen molar-refractivity contribution in [2.75, 3.05) is 13.1 Å². The maximum absolute atomic E-state index is 13.5. The van der Waals surface area contributed by atoms with Gasteiger partial charge in [-0.1, -0.05) is 65.7 Å². The number of hydrogen-bond acceptors (Lipinski definition) is 2. The van der Waals surface area contributed by atoms with Crippen molar-refractivity contribution in [1.82, 2.24) is 10.2 Å². The first kappa shape index (κ1) is 26.0. The third kappa shape index (κ3) is 6.76. The molecular weight excluding hydrogens is 461 g/mol. The molecule has 3 aromatic carbocycles. The first-order valence-corrected chi connectivity index (χ1v) is 12.5. The Morgan fingerprint density at radius 3 is 2.33 bits per heavy atom. The van der Waals surface area contributed by atoms with Gasteiger partial charge < -0.3 is 10.2 Å². The van der Waals surface area contributed by atoms with E-state index in [9.17, 15) is 18.0 Å². The Morgan fingerprint density at radius 1 is 0.944 bits per heavy atom. The van der Waals surface area contributed by atoms with E-state index in [1.165, 1.54) is 17.7 Å². The zero-order valence-corrected chi connectivity index (χ0v) is 20.8. The van der Waals surface area contributed by atoms with Gasteiger partial charge in [-0.3, -0.25) is 4.79 Å². The largest absolute Gasteiger partial charge is 0.416 e. The van der Waals surface area contributed by atoms with Crippen LogP contribution in [0.25, 0.3) is 0 Å². The summed E-state index contributed by atoms with van der Waals surface area (Å²) < 4.78 is 39.1. The Kier molecular flexibility index (Phi) is 8.14. The third-order valence-corrected chi connectivity index (χ3v) is 6.86. The van der Waals surface area contributed by atoms with E-state index in [-0.39, 0.29) is 18.0 Å². The van der Waals surface area contributed by atoms with Gasteiger partial charge >= 0.3 is 6.18 Å². The number of halogens is 3. The van der Waals surface area contributed by atoms with E-state index in [4.69, 9.17) is 0 Å². The second kappa shape index (κ2) is 11.3. The van der Waals surface area contributed by atoms with Crippen LogP contribution >= 0.6 is 0 Å². The lowest BCUT2D eigenvalue weighted by Crippen LogP contribution is -2.52. The van der Waals surface area contributed by atoms with E-state index < -0.39 is 11.7 Å². The van der Waals surface area contributed by atoms with Crippen molar-refractivity contribution in [2.45, 2.75) is 57.8 Å². The summed E-state index contributed by atoms with van der Waals surface area (Å²) in [6, 6.07) is 21.9. The minimum absolute atomic E-state index is 0.0422. The average Bonchev–Trinajstić information content (AvgIpc) is 2.83. The molecule has 0 unspecified atom stereocenters. The van der Waals surface area contributed by atoms with Crippen molar-refractivity contribution >= 4 is 5.91 Å². The van der Waals surface area contributed by atoms with Crippen molar-refractivity contribution in [3.63, 3.8) is 0 Å². The van der Waals surface area contributed by atoms with Crippen molar-refractivity contribution in [3.05, 3.63) is 106 Å². The lowest BCUT2D eigenvalue weighted by Gasteiger charge is -2.40. The molecule has 1 aliphatic heterocycles. The van der Waals surface area contributed by atoms with Crippen LogP contribution in [0, 0.1) is 13.8 Å². The Labute approximate surface area is 211 Å². The van der Waals surface area contributed by atoms with E-state index in [1.54, 1.807) is 6.07 Å². The maximum atomic E-state index is 13.5. The van der Waals surface area contributed by atoms with Crippen molar-refractivity contribution in [3.8, 4) is 0 Å². The fourth-order valence-corrected chi connectivity index (χ4v) is 5.17. The topological polar surface area (TPSA) is 32.3 Å². The summed E-state index contributed by atoms with van der Waals surface area (Å²) in [4.78, 5) is 15.5. The zero-order chi connectivity index (χ0) is 25.7. The van der Waals surface area contributed by atoms with Crippen molar-refractivity contribution < 1.29 is 18.0 Å². The molecule has 0 aliphatic carbocycles. The van der Waals surface area contributed by atoms with Gasteiger partial charge in [0.25, 0.3) is 5.91 Å². The minimum Gasteiger partial charge on any atom is -0.335 e. The lowest BCUT2D eigenvalue weighted by atomic mass is 9.91. The van der Waals surface area contributed by atoms with Crippen molar-refractivity contribution in [1.29, 1.82) is 0 Å². The fourth-order valence-electron chi connectivity index (χ4n) is 5.17. The van der Waals surface area contributed by atoms with Gasteiger partial charge in [0.2, 0.25) is 0 Å². The van der Waals surface area contributed by atoms with Gasteiger partial charge in [-0.05, 0) is 75.4 Å². The molecule has 36 heavy (non-hydrogen) atoms. The number of likely N-dealkylation sites (tertiary alicyclic amines) is 1. The van der Waals surface area contributed by atoms with Gasteiger partial charge in [-0.25, -0.2) is 0 Å². The molecule has 1 saturated heterocycles. The van der Waals surface area contributed by atoms with Crippen molar-refractivity contribution in [2.24, 2.45) is 0 Å². The molecule has 1 heterocycles. The van der Waals surface area contributed by atoms with Crippen LogP contribution in [-0.4, -0.2) is 36.0 Å². The summed E-state index contributed by atoms with van der Waals surface area (Å²) >= 11 is 0. The standard InChI is InChI=1S/C30H33F3N2O/c1-21-15-22(2)17-25(16-21)29(36)35-14-12-27(20-28(35)19-23-7-4-3-5-8-23)34-13-11-24-9-6-10-26(18-24)30(31,32)33/h3-10,15-18,27-28,34H,11-14,19-20H2,1-2H3/t27-,28+/m0/s1. The highest BCUT2D eigenvalue weighted by atomic mass is 19.4. The van der Waals surface area contributed by atoms with Crippen LogP contribution in [0.3, 0.4) is 0 Å². The number of hydrogen-bond donors (Lipinski definition) is 1. The lowest BCUT2D eigenvalue weighted by molar-refractivity contribution is -0.137. The van der Waals surface area contributed by atoms with Crippen LogP contribution < -0.4 is 5.32 Å². The number of amides is 1. The molecule has 1 aliphatic rings. The fraction of sp³-hybridized carbons (Fsp3) is 0.367. The third-order valence-electron chi connectivity index (χ3n) is 6.86. The monoisotopic (exact) mass is 494 g/mol. The van der Waals surface area contributed by atoms with E-state index in [1.807, 2.05) is 49.1 Å². The molecular formula is C30H33F3N2O. The summed E-state index contributed by atoms with van der Waals surface area (Å²) in [6.45, 7) is 5.25. The molecule has 6 heteroatoms. The number of benzene rings is 3. The Morgan fingerprint density at radius 2 is 1.64 bits per heavy atom. The second-order valence-corrected chi connectivity index (χ2v) is 9.84. The van der Waals surface area contributed by atoms with Crippen LogP contribution in [0.1, 0.15) is 51.0 Å². The highest BCUT2D eigenvalue weighted by Crippen LogP contribution is 2.30. The number of carbonyl (C=O) groups excluding carboxylic acids is 1. The summed E-state index contributed by atoms with van der Waals surface area (Å²) in [5.74, 6) is 0.0603. The first-order chi connectivity index (χ1) is 17.2. The summed E-state index contributed by atoms with van der Waals surface area (Å²) in [7, 11) is 0. The molecule has 0 aromatic heterocycles. The van der Waals surface area contributed by atoms with Crippen LogP contribution in [0.4, 0.5) is 13.2 Å². The average molecular weight is 495 g/mol. The molecule has 3 aromatic rings.